The number of nitrogen functional groups attached to an aromatic ring is 1. The Hall–Kier alpha value is -1.56. The van der Waals surface area contributed by atoms with Crippen LogP contribution in [0.4, 0.5) is 5.69 Å². The van der Waals surface area contributed by atoms with Crippen molar-refractivity contribution in [3.63, 3.8) is 0 Å². The minimum absolute atomic E-state index is 0.00485. The molecule has 1 atom stereocenters. The third-order valence-corrected chi connectivity index (χ3v) is 3.52. The Kier molecular flexibility index (Phi) is 3.56. The minimum Gasteiger partial charge on any atom is -0.395 e. The zero-order valence-electron chi connectivity index (χ0n) is 10.9. The third-order valence-electron chi connectivity index (χ3n) is 3.52. The van der Waals surface area contributed by atoms with Crippen molar-refractivity contribution in [2.24, 2.45) is 0 Å². The lowest BCUT2D eigenvalue weighted by Crippen LogP contribution is -2.39. The fraction of sp³-hybridized carbons (Fsp3) is 0.667. The SMILES string of the molecule is CCn1nc(C)c(N)c1C(=O)N1CCC[C@H]1CO. The monoisotopic (exact) mass is 252 g/mol. The second-order valence-corrected chi connectivity index (χ2v) is 4.64. The van der Waals surface area contributed by atoms with Crippen LogP contribution in [0.25, 0.3) is 0 Å². The Morgan fingerprint density at radius 3 is 2.94 bits per heavy atom. The Bertz CT molecular complexity index is 455. The molecule has 0 spiro atoms. The smallest absolute Gasteiger partial charge is 0.274 e. The summed E-state index contributed by atoms with van der Waals surface area (Å²) in [5.74, 6) is -0.119. The molecule has 0 saturated carbocycles. The maximum Gasteiger partial charge on any atom is 0.274 e. The van der Waals surface area contributed by atoms with Gasteiger partial charge in [0.15, 0.2) is 0 Å². The van der Waals surface area contributed by atoms with Crippen molar-refractivity contribution in [3.8, 4) is 0 Å². The summed E-state index contributed by atoms with van der Waals surface area (Å²) in [4.78, 5) is 14.2. The molecule has 18 heavy (non-hydrogen) atoms. The molecule has 6 nitrogen and oxygen atoms in total. The molecule has 2 heterocycles. The normalized spacial score (nSPS) is 19.5. The predicted octanol–water partition coefficient (Wildman–Crippen LogP) is 0.391. The molecule has 1 aliphatic rings. The average molecular weight is 252 g/mol. The van der Waals surface area contributed by atoms with E-state index in [0.29, 0.717) is 30.2 Å². The van der Waals surface area contributed by atoms with Crippen molar-refractivity contribution in [2.75, 3.05) is 18.9 Å². The lowest BCUT2D eigenvalue weighted by molar-refractivity contribution is 0.0666. The van der Waals surface area contributed by atoms with Crippen molar-refractivity contribution in [3.05, 3.63) is 11.4 Å². The summed E-state index contributed by atoms with van der Waals surface area (Å²) < 4.78 is 1.64. The Balaban J connectivity index is 2.33. The minimum atomic E-state index is -0.119. The molecule has 0 radical (unpaired) electrons. The number of carbonyl (C=O) groups excluding carboxylic acids is 1. The number of rotatable bonds is 3. The molecule has 0 bridgehead atoms. The molecule has 0 unspecified atom stereocenters. The molecule has 1 aromatic rings. The number of aliphatic hydroxyl groups excluding tert-OH is 1. The van der Waals surface area contributed by atoms with Crippen LogP contribution >= 0.6 is 0 Å². The number of nitrogens with two attached hydrogens (primary N) is 1. The fourth-order valence-corrected chi connectivity index (χ4v) is 2.48. The quantitative estimate of drug-likeness (QED) is 0.815. The van der Waals surface area contributed by atoms with E-state index in [-0.39, 0.29) is 18.6 Å². The third kappa shape index (κ3) is 1.96. The summed E-state index contributed by atoms with van der Waals surface area (Å²) >= 11 is 0. The summed E-state index contributed by atoms with van der Waals surface area (Å²) in [7, 11) is 0. The number of anilines is 1. The fourth-order valence-electron chi connectivity index (χ4n) is 2.48. The van der Waals surface area contributed by atoms with Crippen LogP contribution in [-0.4, -0.2) is 44.9 Å². The van der Waals surface area contributed by atoms with Gasteiger partial charge in [0.25, 0.3) is 5.91 Å². The summed E-state index contributed by atoms with van der Waals surface area (Å²) in [5.41, 5.74) is 7.53. The number of amides is 1. The van der Waals surface area contributed by atoms with Gasteiger partial charge in [0.2, 0.25) is 0 Å². The highest BCUT2D eigenvalue weighted by molar-refractivity contribution is 5.98. The number of hydrogen-bond donors (Lipinski definition) is 2. The van der Waals surface area contributed by atoms with E-state index < -0.39 is 0 Å². The van der Waals surface area contributed by atoms with Gasteiger partial charge in [0.05, 0.1) is 24.0 Å². The number of likely N-dealkylation sites (tertiary alicyclic amines) is 1. The van der Waals surface area contributed by atoms with Crippen molar-refractivity contribution in [2.45, 2.75) is 39.3 Å². The highest BCUT2D eigenvalue weighted by Crippen LogP contribution is 2.24. The molecule has 1 amide bonds. The first kappa shape index (κ1) is 12.9. The first-order chi connectivity index (χ1) is 8.60. The number of aliphatic hydroxyl groups is 1. The Labute approximate surface area is 106 Å². The first-order valence-corrected chi connectivity index (χ1v) is 6.34. The molecular weight excluding hydrogens is 232 g/mol. The summed E-state index contributed by atoms with van der Waals surface area (Å²) in [5, 5.41) is 13.5. The van der Waals surface area contributed by atoms with Crippen molar-refractivity contribution < 1.29 is 9.90 Å². The number of aromatic nitrogens is 2. The van der Waals surface area contributed by atoms with Gasteiger partial charge in [-0.05, 0) is 26.7 Å². The van der Waals surface area contributed by atoms with Crippen LogP contribution in [0.5, 0.6) is 0 Å². The van der Waals surface area contributed by atoms with E-state index >= 15 is 0 Å². The van der Waals surface area contributed by atoms with Crippen LogP contribution in [0.1, 0.15) is 35.9 Å². The van der Waals surface area contributed by atoms with E-state index in [0.717, 1.165) is 12.8 Å². The first-order valence-electron chi connectivity index (χ1n) is 6.34. The molecular formula is C12H20N4O2. The molecule has 100 valence electrons. The summed E-state index contributed by atoms with van der Waals surface area (Å²) in [6.45, 7) is 5.01. The van der Waals surface area contributed by atoms with Crippen LogP contribution < -0.4 is 5.73 Å². The van der Waals surface area contributed by atoms with Gasteiger partial charge < -0.3 is 15.7 Å². The highest BCUT2D eigenvalue weighted by atomic mass is 16.3. The van der Waals surface area contributed by atoms with E-state index in [4.69, 9.17) is 5.73 Å². The molecule has 6 heteroatoms. The highest BCUT2D eigenvalue weighted by Gasteiger charge is 2.32. The largest absolute Gasteiger partial charge is 0.395 e. The van der Waals surface area contributed by atoms with Crippen molar-refractivity contribution >= 4 is 11.6 Å². The number of carbonyl (C=O) groups is 1. The predicted molar refractivity (Wildman–Crippen MR) is 68.2 cm³/mol. The van der Waals surface area contributed by atoms with Crippen molar-refractivity contribution in [1.29, 1.82) is 0 Å². The molecule has 1 fully saturated rings. The van der Waals surface area contributed by atoms with Crippen LogP contribution in [0.3, 0.4) is 0 Å². The van der Waals surface area contributed by atoms with E-state index in [1.807, 2.05) is 6.92 Å². The lowest BCUT2D eigenvalue weighted by Gasteiger charge is -2.23. The molecule has 1 aromatic heterocycles. The Morgan fingerprint density at radius 2 is 2.33 bits per heavy atom. The van der Waals surface area contributed by atoms with Crippen LogP contribution in [0.2, 0.25) is 0 Å². The standard InChI is InChI=1S/C12H20N4O2/c1-3-16-11(10(13)8(2)14-16)12(18)15-6-4-5-9(15)7-17/h9,17H,3-7,13H2,1-2H3/t9-/m0/s1. The maximum absolute atomic E-state index is 12.5. The van der Waals surface area contributed by atoms with Gasteiger partial charge in [0, 0.05) is 13.1 Å². The van der Waals surface area contributed by atoms with Crippen LogP contribution in [-0.2, 0) is 6.54 Å². The number of aryl methyl sites for hydroxylation is 2. The summed E-state index contributed by atoms with van der Waals surface area (Å²) in [6.07, 6.45) is 1.78. The molecule has 2 rings (SSSR count). The van der Waals surface area contributed by atoms with E-state index in [1.54, 1.807) is 16.5 Å². The number of nitrogens with zero attached hydrogens (tertiary/aromatic N) is 3. The number of hydrogen-bond acceptors (Lipinski definition) is 4. The molecule has 0 aromatic carbocycles. The maximum atomic E-state index is 12.5. The van der Waals surface area contributed by atoms with Gasteiger partial charge in [-0.2, -0.15) is 5.10 Å². The van der Waals surface area contributed by atoms with Gasteiger partial charge in [-0.15, -0.1) is 0 Å². The van der Waals surface area contributed by atoms with Gasteiger partial charge in [-0.25, -0.2) is 0 Å². The zero-order chi connectivity index (χ0) is 13.3. The summed E-state index contributed by atoms with van der Waals surface area (Å²) in [6, 6.07) is -0.0857. The van der Waals surface area contributed by atoms with Gasteiger partial charge in [-0.3, -0.25) is 9.48 Å². The average Bonchev–Trinajstić information content (AvgIpc) is 2.94. The van der Waals surface area contributed by atoms with Crippen molar-refractivity contribution in [1.82, 2.24) is 14.7 Å². The van der Waals surface area contributed by atoms with Gasteiger partial charge in [-0.1, -0.05) is 0 Å². The van der Waals surface area contributed by atoms with E-state index in [9.17, 15) is 9.90 Å². The molecule has 3 N–H and O–H groups in total. The lowest BCUT2D eigenvalue weighted by atomic mass is 10.2. The van der Waals surface area contributed by atoms with Gasteiger partial charge >= 0.3 is 0 Å². The van der Waals surface area contributed by atoms with Crippen LogP contribution in [0.15, 0.2) is 0 Å². The second-order valence-electron chi connectivity index (χ2n) is 4.64. The van der Waals surface area contributed by atoms with E-state index in [1.165, 1.54) is 0 Å². The van der Waals surface area contributed by atoms with Gasteiger partial charge in [0.1, 0.15) is 5.69 Å². The van der Waals surface area contributed by atoms with E-state index in [2.05, 4.69) is 5.10 Å². The second kappa shape index (κ2) is 4.97. The molecule has 1 saturated heterocycles. The van der Waals surface area contributed by atoms with Crippen LogP contribution in [0, 0.1) is 6.92 Å². The molecule has 1 aliphatic heterocycles. The Morgan fingerprint density at radius 1 is 1.61 bits per heavy atom. The topological polar surface area (TPSA) is 84.4 Å². The zero-order valence-corrected chi connectivity index (χ0v) is 10.9. The molecule has 0 aliphatic carbocycles.